The van der Waals surface area contributed by atoms with Crippen LogP contribution in [0.25, 0.3) is 10.8 Å². The van der Waals surface area contributed by atoms with Crippen molar-refractivity contribution in [3.63, 3.8) is 0 Å². The van der Waals surface area contributed by atoms with Gasteiger partial charge in [0, 0.05) is 4.47 Å². The molecule has 3 rings (SSSR count). The molecule has 2 aromatic carbocycles. The molecule has 1 aliphatic rings. The van der Waals surface area contributed by atoms with Crippen LogP contribution in [0.5, 0.6) is 0 Å². The van der Waals surface area contributed by atoms with Crippen LogP contribution in [0.3, 0.4) is 0 Å². The molecule has 76 valence electrons. The molecule has 0 saturated heterocycles. The molecule has 0 heterocycles. The Morgan fingerprint density at radius 1 is 1.00 bits per heavy atom. The van der Waals surface area contributed by atoms with Gasteiger partial charge in [-0.05, 0) is 46.7 Å². The molecule has 0 spiro atoms. The molecule has 1 aliphatic carbocycles. The van der Waals surface area contributed by atoms with Gasteiger partial charge in [0.25, 0.3) is 0 Å². The van der Waals surface area contributed by atoms with Crippen molar-refractivity contribution < 1.29 is 0 Å². The molecule has 0 unspecified atom stereocenters. The normalized spacial score (nSPS) is 18.0. The molecule has 0 amide bonds. The summed E-state index contributed by atoms with van der Waals surface area (Å²) < 4.78 is 1.15. The highest BCUT2D eigenvalue weighted by Crippen LogP contribution is 2.48. The number of fused-ring (bicyclic) bond motifs is 1. The maximum absolute atomic E-state index is 3.50. The van der Waals surface area contributed by atoms with Gasteiger partial charge in [0.05, 0.1) is 0 Å². The first-order valence-corrected chi connectivity index (χ1v) is 6.17. The van der Waals surface area contributed by atoms with Crippen molar-refractivity contribution in [3.8, 4) is 0 Å². The first-order chi connectivity index (χ1) is 7.17. The summed E-state index contributed by atoms with van der Waals surface area (Å²) in [5.74, 6) is 0. The molecule has 0 nitrogen and oxygen atoms in total. The van der Waals surface area contributed by atoms with E-state index >= 15 is 0 Å². The van der Waals surface area contributed by atoms with Gasteiger partial charge in [0.15, 0.2) is 0 Å². The molecule has 0 aliphatic heterocycles. The standard InChI is InChI=1S/C14H13Br/c1-14(6-7-14)12-4-2-11-9-13(15)5-3-10(11)8-12/h2-5,8-9H,6-7H2,1H3. The molecular weight excluding hydrogens is 248 g/mol. The number of hydrogen-bond acceptors (Lipinski definition) is 0. The fraction of sp³-hybridized carbons (Fsp3) is 0.286. The lowest BCUT2D eigenvalue weighted by molar-refractivity contribution is 0.789. The summed E-state index contributed by atoms with van der Waals surface area (Å²) in [5.41, 5.74) is 1.97. The van der Waals surface area contributed by atoms with Crippen LogP contribution in [0.2, 0.25) is 0 Å². The van der Waals surface area contributed by atoms with Crippen molar-refractivity contribution in [2.24, 2.45) is 0 Å². The number of rotatable bonds is 1. The van der Waals surface area contributed by atoms with Crippen LogP contribution in [0.4, 0.5) is 0 Å². The highest BCUT2D eigenvalue weighted by Gasteiger charge is 2.38. The lowest BCUT2D eigenvalue weighted by Crippen LogP contribution is -1.98. The molecule has 0 atom stereocenters. The van der Waals surface area contributed by atoms with Crippen molar-refractivity contribution in [1.29, 1.82) is 0 Å². The average molecular weight is 261 g/mol. The van der Waals surface area contributed by atoms with Gasteiger partial charge in [0.1, 0.15) is 0 Å². The maximum atomic E-state index is 3.50. The summed E-state index contributed by atoms with van der Waals surface area (Å²) in [5, 5.41) is 2.67. The van der Waals surface area contributed by atoms with Gasteiger partial charge in [0.2, 0.25) is 0 Å². The van der Waals surface area contributed by atoms with Crippen LogP contribution in [0.1, 0.15) is 25.3 Å². The van der Waals surface area contributed by atoms with E-state index in [0.29, 0.717) is 5.41 Å². The van der Waals surface area contributed by atoms with Crippen molar-refractivity contribution >= 4 is 26.7 Å². The zero-order valence-corrected chi connectivity index (χ0v) is 10.3. The third kappa shape index (κ3) is 1.59. The quantitative estimate of drug-likeness (QED) is 0.700. The maximum Gasteiger partial charge on any atom is 0.0181 e. The largest absolute Gasteiger partial charge is 0.0579 e. The minimum absolute atomic E-state index is 0.473. The lowest BCUT2D eigenvalue weighted by Gasteiger charge is -2.09. The Kier molecular flexibility index (Phi) is 1.93. The van der Waals surface area contributed by atoms with E-state index in [4.69, 9.17) is 0 Å². The van der Waals surface area contributed by atoms with E-state index in [0.717, 1.165) is 4.47 Å². The van der Waals surface area contributed by atoms with Crippen LogP contribution >= 0.6 is 15.9 Å². The SMILES string of the molecule is CC1(c2ccc3cc(Br)ccc3c2)CC1. The van der Waals surface area contributed by atoms with Gasteiger partial charge in [-0.2, -0.15) is 0 Å². The molecule has 0 bridgehead atoms. The number of hydrogen-bond donors (Lipinski definition) is 0. The fourth-order valence-corrected chi connectivity index (χ4v) is 2.45. The van der Waals surface area contributed by atoms with Gasteiger partial charge in [-0.25, -0.2) is 0 Å². The lowest BCUT2D eigenvalue weighted by atomic mass is 9.95. The van der Waals surface area contributed by atoms with Crippen molar-refractivity contribution in [1.82, 2.24) is 0 Å². The molecule has 1 fully saturated rings. The molecule has 15 heavy (non-hydrogen) atoms. The summed E-state index contributed by atoms with van der Waals surface area (Å²) in [6.07, 6.45) is 2.68. The minimum atomic E-state index is 0.473. The van der Waals surface area contributed by atoms with Crippen LogP contribution in [0, 0.1) is 0 Å². The molecule has 1 saturated carbocycles. The first-order valence-electron chi connectivity index (χ1n) is 5.37. The van der Waals surface area contributed by atoms with Crippen LogP contribution in [-0.4, -0.2) is 0 Å². The zero-order valence-electron chi connectivity index (χ0n) is 8.76. The Hall–Kier alpha value is -0.820. The molecule has 1 heteroatoms. The minimum Gasteiger partial charge on any atom is -0.0579 e. The van der Waals surface area contributed by atoms with Crippen molar-refractivity contribution in [2.75, 3.05) is 0 Å². The van der Waals surface area contributed by atoms with E-state index in [1.165, 1.54) is 29.2 Å². The third-order valence-electron chi connectivity index (χ3n) is 3.50. The third-order valence-corrected chi connectivity index (χ3v) is 3.99. The van der Waals surface area contributed by atoms with Crippen LogP contribution in [0.15, 0.2) is 40.9 Å². The van der Waals surface area contributed by atoms with Crippen molar-refractivity contribution in [2.45, 2.75) is 25.2 Å². The topological polar surface area (TPSA) is 0 Å². The van der Waals surface area contributed by atoms with Crippen LogP contribution in [-0.2, 0) is 5.41 Å². The molecule has 0 radical (unpaired) electrons. The highest BCUT2D eigenvalue weighted by molar-refractivity contribution is 9.10. The van der Waals surface area contributed by atoms with E-state index in [1.54, 1.807) is 0 Å². The van der Waals surface area contributed by atoms with Crippen LogP contribution < -0.4 is 0 Å². The average Bonchev–Trinajstić information content (AvgIpc) is 2.97. The highest BCUT2D eigenvalue weighted by atomic mass is 79.9. The predicted molar refractivity (Wildman–Crippen MR) is 68.2 cm³/mol. The second kappa shape index (κ2) is 3.08. The monoisotopic (exact) mass is 260 g/mol. The molecule has 2 aromatic rings. The zero-order chi connectivity index (χ0) is 10.5. The van der Waals surface area contributed by atoms with Gasteiger partial charge >= 0.3 is 0 Å². The Morgan fingerprint density at radius 2 is 1.67 bits per heavy atom. The van der Waals surface area contributed by atoms with E-state index in [1.807, 2.05) is 0 Å². The van der Waals surface area contributed by atoms with Gasteiger partial charge in [-0.3, -0.25) is 0 Å². The first kappa shape index (κ1) is 9.41. The van der Waals surface area contributed by atoms with E-state index in [9.17, 15) is 0 Å². The van der Waals surface area contributed by atoms with Gasteiger partial charge < -0.3 is 0 Å². The second-order valence-corrected chi connectivity index (χ2v) is 5.68. The summed E-state index contributed by atoms with van der Waals surface area (Å²) in [6.45, 7) is 2.35. The van der Waals surface area contributed by atoms with Gasteiger partial charge in [-0.1, -0.05) is 47.1 Å². The molecular formula is C14H13Br. The Labute approximate surface area is 98.4 Å². The molecule has 0 aromatic heterocycles. The summed E-state index contributed by atoms with van der Waals surface area (Å²) >= 11 is 3.50. The summed E-state index contributed by atoms with van der Waals surface area (Å²) in [7, 11) is 0. The smallest absolute Gasteiger partial charge is 0.0181 e. The predicted octanol–water partition coefficient (Wildman–Crippen LogP) is 4.65. The number of halogens is 1. The van der Waals surface area contributed by atoms with Crippen molar-refractivity contribution in [3.05, 3.63) is 46.4 Å². The summed E-state index contributed by atoms with van der Waals surface area (Å²) in [4.78, 5) is 0. The Morgan fingerprint density at radius 3 is 2.40 bits per heavy atom. The molecule has 0 N–H and O–H groups in total. The van der Waals surface area contributed by atoms with Gasteiger partial charge in [-0.15, -0.1) is 0 Å². The van der Waals surface area contributed by atoms with E-state index < -0.39 is 0 Å². The van der Waals surface area contributed by atoms with E-state index in [-0.39, 0.29) is 0 Å². The second-order valence-electron chi connectivity index (χ2n) is 4.77. The summed E-state index contributed by atoms with van der Waals surface area (Å²) in [6, 6.07) is 13.3. The number of benzene rings is 2. The Bertz CT molecular complexity index is 524. The van der Waals surface area contributed by atoms with E-state index in [2.05, 4.69) is 59.3 Å². The fourth-order valence-electron chi connectivity index (χ4n) is 2.07. The Balaban J connectivity index is 2.18.